The van der Waals surface area contributed by atoms with Gasteiger partial charge in [-0.1, -0.05) is 23.7 Å². The number of fused-ring (bicyclic) bond motifs is 2. The molecule has 0 bridgehead atoms. The van der Waals surface area contributed by atoms with Crippen molar-refractivity contribution in [2.45, 2.75) is 6.92 Å². The van der Waals surface area contributed by atoms with Gasteiger partial charge < -0.3 is 14.7 Å². The number of rotatable bonds is 3. The van der Waals surface area contributed by atoms with E-state index in [9.17, 15) is 4.79 Å². The van der Waals surface area contributed by atoms with Crippen molar-refractivity contribution in [2.75, 3.05) is 7.04 Å². The van der Waals surface area contributed by atoms with Crippen LogP contribution in [0, 0.1) is 6.92 Å². The summed E-state index contributed by atoms with van der Waals surface area (Å²) < 4.78 is 27.6. The van der Waals surface area contributed by atoms with Crippen LogP contribution < -0.4 is 10.3 Å². The molecule has 8 heteroatoms. The molecule has 0 aliphatic heterocycles. The Morgan fingerprint density at radius 3 is 2.80 bits per heavy atom. The van der Waals surface area contributed by atoms with Crippen molar-refractivity contribution in [1.29, 1.82) is 0 Å². The number of pyridine rings is 3. The number of halogens is 1. The fourth-order valence-electron chi connectivity index (χ4n) is 3.53. The molecular formula is C22H16ClN5O2. The van der Waals surface area contributed by atoms with E-state index in [-0.39, 0.29) is 16.9 Å². The van der Waals surface area contributed by atoms with E-state index in [0.717, 1.165) is 0 Å². The Morgan fingerprint density at radius 2 is 1.93 bits per heavy atom. The summed E-state index contributed by atoms with van der Waals surface area (Å²) in [7, 11) is -2.62. The van der Waals surface area contributed by atoms with E-state index in [1.807, 2.05) is 0 Å². The van der Waals surface area contributed by atoms with Gasteiger partial charge in [0.15, 0.2) is 0 Å². The Morgan fingerprint density at radius 1 is 1.07 bits per heavy atom. The van der Waals surface area contributed by atoms with Gasteiger partial charge in [0.2, 0.25) is 0 Å². The van der Waals surface area contributed by atoms with E-state index < -0.39 is 7.04 Å². The molecule has 0 fully saturated rings. The van der Waals surface area contributed by atoms with Gasteiger partial charge in [-0.3, -0.25) is 9.78 Å². The van der Waals surface area contributed by atoms with Crippen molar-refractivity contribution in [3.8, 4) is 28.4 Å². The zero-order valence-electron chi connectivity index (χ0n) is 18.7. The van der Waals surface area contributed by atoms with Crippen LogP contribution in [0.4, 0.5) is 0 Å². The number of nitrogens with zero attached hydrogens (tertiary/aromatic N) is 3. The van der Waals surface area contributed by atoms with E-state index in [4.69, 9.17) is 20.5 Å². The number of aromatic nitrogens is 5. The smallest absolute Gasteiger partial charge is 0.259 e. The van der Waals surface area contributed by atoms with E-state index in [1.165, 1.54) is 6.20 Å². The van der Waals surface area contributed by atoms with Crippen molar-refractivity contribution in [1.82, 2.24) is 24.9 Å². The molecule has 5 aromatic rings. The molecule has 30 heavy (non-hydrogen) atoms. The topological polar surface area (TPSA) is 96.6 Å². The summed E-state index contributed by atoms with van der Waals surface area (Å²) in [5, 5.41) is 0.919. The van der Waals surface area contributed by atoms with Crippen molar-refractivity contribution in [3.05, 3.63) is 69.9 Å². The lowest BCUT2D eigenvalue weighted by Crippen LogP contribution is -2.10. The average molecular weight is 421 g/mol. The minimum absolute atomic E-state index is 0.158. The highest BCUT2D eigenvalue weighted by atomic mass is 35.5. The molecule has 0 saturated heterocycles. The molecule has 0 unspecified atom stereocenters. The molecule has 0 radical (unpaired) electrons. The molecule has 148 valence electrons. The van der Waals surface area contributed by atoms with E-state index >= 15 is 0 Å². The van der Waals surface area contributed by atoms with E-state index in [1.54, 1.807) is 49.4 Å². The van der Waals surface area contributed by atoms with Crippen LogP contribution in [0.15, 0.2) is 53.5 Å². The number of methoxy groups -OCH3 is 1. The molecule has 7 nitrogen and oxygen atoms in total. The third kappa shape index (κ3) is 2.91. The number of aryl methyl sites for hydroxylation is 1. The summed E-state index contributed by atoms with van der Waals surface area (Å²) in [6, 6.07) is 11.7. The molecule has 0 atom stereocenters. The van der Waals surface area contributed by atoms with Gasteiger partial charge in [0.1, 0.15) is 22.2 Å². The van der Waals surface area contributed by atoms with Crippen LogP contribution in [-0.2, 0) is 0 Å². The molecule has 4 heterocycles. The van der Waals surface area contributed by atoms with Gasteiger partial charge in [-0.2, -0.15) is 0 Å². The molecule has 0 aliphatic rings. The Balaban J connectivity index is 1.73. The third-order valence-electron chi connectivity index (χ3n) is 4.89. The van der Waals surface area contributed by atoms with Crippen molar-refractivity contribution in [3.63, 3.8) is 0 Å². The van der Waals surface area contributed by atoms with Crippen LogP contribution in [0.3, 0.4) is 0 Å². The first-order valence-corrected chi connectivity index (χ1v) is 9.41. The summed E-state index contributed by atoms with van der Waals surface area (Å²) in [5.41, 5.74) is 3.32. The summed E-state index contributed by atoms with van der Waals surface area (Å²) in [5.74, 6) is 0.507. The predicted octanol–water partition coefficient (Wildman–Crippen LogP) is 4.50. The highest BCUT2D eigenvalue weighted by molar-refractivity contribution is 6.30. The zero-order valence-corrected chi connectivity index (χ0v) is 16.4. The quantitative estimate of drug-likeness (QED) is 0.419. The average Bonchev–Trinajstić information content (AvgIpc) is 3.16. The summed E-state index contributed by atoms with van der Waals surface area (Å²) in [6.45, 7) is 1.79. The number of benzene rings is 1. The Hall–Kier alpha value is -3.71. The summed E-state index contributed by atoms with van der Waals surface area (Å²) in [6.07, 6.45) is 1.54. The number of H-pyrrole nitrogens is 2. The monoisotopic (exact) mass is 420 g/mol. The fraction of sp³-hybridized carbons (Fsp3) is 0.0909. The second-order valence-electron chi connectivity index (χ2n) is 6.74. The first-order chi connectivity index (χ1) is 15.7. The van der Waals surface area contributed by atoms with Crippen molar-refractivity contribution in [2.24, 2.45) is 0 Å². The van der Waals surface area contributed by atoms with Gasteiger partial charge in [-0.25, -0.2) is 9.97 Å². The second kappa shape index (κ2) is 6.96. The highest BCUT2D eigenvalue weighted by Gasteiger charge is 2.16. The molecule has 4 aromatic heterocycles. The van der Waals surface area contributed by atoms with Gasteiger partial charge >= 0.3 is 0 Å². The van der Waals surface area contributed by atoms with Crippen LogP contribution in [0.2, 0.25) is 5.15 Å². The molecule has 0 aliphatic carbocycles. The normalized spacial score (nSPS) is 13.2. The lowest BCUT2D eigenvalue weighted by molar-refractivity contribution is 0.416. The largest absolute Gasteiger partial charge is 0.496 e. The lowest BCUT2D eigenvalue weighted by atomic mass is 10.0. The number of hydrogen-bond acceptors (Lipinski definition) is 5. The molecule has 2 N–H and O–H groups in total. The van der Waals surface area contributed by atoms with Gasteiger partial charge in [0, 0.05) is 23.2 Å². The number of aromatic amines is 2. The minimum Gasteiger partial charge on any atom is -0.496 e. The van der Waals surface area contributed by atoms with Crippen LogP contribution in [0.5, 0.6) is 5.75 Å². The molecule has 0 amide bonds. The van der Waals surface area contributed by atoms with Gasteiger partial charge in [-0.05, 0) is 31.2 Å². The molecule has 1 aromatic carbocycles. The minimum atomic E-state index is -2.62. The van der Waals surface area contributed by atoms with Gasteiger partial charge in [0.05, 0.1) is 39.1 Å². The predicted molar refractivity (Wildman–Crippen MR) is 117 cm³/mol. The third-order valence-corrected chi connectivity index (χ3v) is 5.08. The number of imidazole rings is 1. The number of para-hydroxylation sites is 1. The standard InChI is InChI=1S/C22H16ClN5O2/c1-11-19-16(10-18(23)25-11)26-21(28-19)14-9-13-15(27-22(14)29)7-8-24-20(13)12-5-3-4-6-17(12)30-2/h3-10H,1-2H3,(H,26,28)(H,27,29)/i2D3. The van der Waals surface area contributed by atoms with Gasteiger partial charge in [-0.15, -0.1) is 0 Å². The van der Waals surface area contributed by atoms with Crippen LogP contribution in [0.1, 0.15) is 9.81 Å². The van der Waals surface area contributed by atoms with E-state index in [2.05, 4.69) is 24.9 Å². The Labute approximate surface area is 180 Å². The zero-order chi connectivity index (χ0) is 23.3. The van der Waals surface area contributed by atoms with Crippen LogP contribution >= 0.6 is 11.6 Å². The number of hydrogen-bond donors (Lipinski definition) is 2. The first kappa shape index (κ1) is 15.2. The number of nitrogens with one attached hydrogen (secondary N) is 2. The molecule has 0 saturated carbocycles. The summed E-state index contributed by atoms with van der Waals surface area (Å²) >= 11 is 6.05. The van der Waals surface area contributed by atoms with E-state index in [0.29, 0.717) is 49.9 Å². The summed E-state index contributed by atoms with van der Waals surface area (Å²) in [4.78, 5) is 32.1. The lowest BCUT2D eigenvalue weighted by Gasteiger charge is -2.10. The maximum absolute atomic E-state index is 12.9. The maximum atomic E-state index is 12.9. The van der Waals surface area contributed by atoms with Gasteiger partial charge in [0.25, 0.3) is 5.56 Å². The molecule has 0 spiro atoms. The van der Waals surface area contributed by atoms with Crippen molar-refractivity contribution >= 4 is 33.5 Å². The van der Waals surface area contributed by atoms with Crippen LogP contribution in [-0.4, -0.2) is 32.0 Å². The SMILES string of the molecule is [2H]C([2H])([2H])Oc1ccccc1-c1nccc2[nH]c(=O)c(-c3nc4c(C)nc(Cl)cc4[nH]3)cc12. The Bertz CT molecular complexity index is 1590. The fourth-order valence-corrected chi connectivity index (χ4v) is 3.76. The van der Waals surface area contributed by atoms with Crippen LogP contribution in [0.25, 0.3) is 44.6 Å². The Kier molecular flexibility index (Phi) is 3.52. The highest BCUT2D eigenvalue weighted by Crippen LogP contribution is 2.33. The maximum Gasteiger partial charge on any atom is 0.259 e. The second-order valence-corrected chi connectivity index (χ2v) is 7.13. The first-order valence-electron chi connectivity index (χ1n) is 10.5. The van der Waals surface area contributed by atoms with Crippen molar-refractivity contribution < 1.29 is 8.85 Å². The molecule has 5 rings (SSSR count). The molecular weight excluding hydrogens is 402 g/mol. The number of ether oxygens (including phenoxy) is 1.